The van der Waals surface area contributed by atoms with Crippen LogP contribution in [-0.4, -0.2) is 35.5 Å². The van der Waals surface area contributed by atoms with Gasteiger partial charge in [0.15, 0.2) is 0 Å². The molecular weight excluding hydrogens is 440 g/mol. The third-order valence-corrected chi connectivity index (χ3v) is 6.66. The minimum atomic E-state index is -0.917. The molecule has 1 heterocycles. The van der Waals surface area contributed by atoms with Crippen LogP contribution in [0, 0.1) is 19.8 Å². The predicted octanol–water partition coefficient (Wildman–Crippen LogP) is 6.97. The van der Waals surface area contributed by atoms with Crippen LogP contribution in [0.2, 0.25) is 0 Å². The number of amides is 1. The Morgan fingerprint density at radius 3 is 2.29 bits per heavy atom. The van der Waals surface area contributed by atoms with Crippen LogP contribution in [0.25, 0.3) is 11.0 Å². The van der Waals surface area contributed by atoms with Crippen LogP contribution in [-0.2, 0) is 4.79 Å². The molecule has 3 rings (SSSR count). The van der Waals surface area contributed by atoms with Gasteiger partial charge in [-0.05, 0) is 69.0 Å². The number of anilines is 1. The second-order valence-electron chi connectivity index (χ2n) is 9.50. The molecule has 0 aliphatic heterocycles. The molecule has 3 aromatic rings. The Kier molecular flexibility index (Phi) is 8.96. The highest BCUT2D eigenvalue weighted by Gasteiger charge is 2.28. The van der Waals surface area contributed by atoms with E-state index in [1.165, 1.54) is 16.0 Å². The van der Waals surface area contributed by atoms with Gasteiger partial charge in [-0.2, -0.15) is 0 Å². The van der Waals surface area contributed by atoms with E-state index >= 15 is 0 Å². The summed E-state index contributed by atoms with van der Waals surface area (Å²) in [5.74, 6) is 0.285. The molecule has 1 atom stereocenters. The monoisotopic (exact) mass is 478 g/mol. The first-order chi connectivity index (χ1) is 16.7. The maximum absolute atomic E-state index is 12.7. The Hall–Kier alpha value is -3.28. The maximum Gasteiger partial charge on any atom is 0.305 e. The minimum absolute atomic E-state index is 0.0161. The second-order valence-corrected chi connectivity index (χ2v) is 9.50. The van der Waals surface area contributed by atoms with Crippen molar-refractivity contribution in [3.05, 3.63) is 64.9 Å². The third kappa shape index (κ3) is 6.44. The highest BCUT2D eigenvalue weighted by molar-refractivity contribution is 5.94. The number of carboxylic acid groups (broad SMARTS) is 1. The van der Waals surface area contributed by atoms with E-state index in [0.29, 0.717) is 11.5 Å². The van der Waals surface area contributed by atoms with Crippen molar-refractivity contribution in [3.8, 4) is 0 Å². The molecule has 0 radical (unpaired) electrons. The molecule has 0 aliphatic carbocycles. The minimum Gasteiger partial charge on any atom is -0.481 e. The molecular formula is C29H38N2O4. The lowest BCUT2D eigenvalue weighted by atomic mass is 9.87. The van der Waals surface area contributed by atoms with Gasteiger partial charge < -0.3 is 19.7 Å². The standard InChI is InChI=1S/C29H38N2O4/c1-6-8-21(9-7-2)27(28-20(4)24-18-19(3)10-15-25(24)35-28)30-23-13-11-22(12-14-23)29(34)31(5)17-16-26(32)33/h10-15,18,21,27,30H,6-9,16-17H2,1-5H3,(H,32,33). The molecule has 2 N–H and O–H groups in total. The number of carboxylic acids is 1. The average Bonchev–Trinajstić information content (AvgIpc) is 3.16. The number of aryl methyl sites for hydroxylation is 2. The first-order valence-corrected chi connectivity index (χ1v) is 12.6. The number of hydrogen-bond acceptors (Lipinski definition) is 4. The van der Waals surface area contributed by atoms with Crippen molar-refractivity contribution in [1.29, 1.82) is 0 Å². The first-order valence-electron chi connectivity index (χ1n) is 12.6. The van der Waals surface area contributed by atoms with Gasteiger partial charge >= 0.3 is 5.97 Å². The number of hydrogen-bond donors (Lipinski definition) is 2. The van der Waals surface area contributed by atoms with Crippen LogP contribution in [0.1, 0.15) is 79.2 Å². The van der Waals surface area contributed by atoms with Crippen LogP contribution in [0.4, 0.5) is 5.69 Å². The van der Waals surface area contributed by atoms with Gasteiger partial charge in [0, 0.05) is 35.8 Å². The number of furan rings is 1. The van der Waals surface area contributed by atoms with Crippen molar-refractivity contribution in [2.45, 2.75) is 65.8 Å². The van der Waals surface area contributed by atoms with Crippen molar-refractivity contribution in [1.82, 2.24) is 4.90 Å². The molecule has 1 unspecified atom stereocenters. The Labute approximate surface area is 208 Å². The fraction of sp³-hybridized carbons (Fsp3) is 0.448. The van der Waals surface area contributed by atoms with Crippen molar-refractivity contribution in [3.63, 3.8) is 0 Å². The number of fused-ring (bicyclic) bond motifs is 1. The third-order valence-electron chi connectivity index (χ3n) is 6.66. The Morgan fingerprint density at radius 1 is 1.03 bits per heavy atom. The predicted molar refractivity (Wildman–Crippen MR) is 141 cm³/mol. The van der Waals surface area contributed by atoms with Crippen LogP contribution in [0.3, 0.4) is 0 Å². The van der Waals surface area contributed by atoms with E-state index in [4.69, 9.17) is 9.52 Å². The Balaban J connectivity index is 1.89. The van der Waals surface area contributed by atoms with E-state index in [1.54, 1.807) is 19.2 Å². The van der Waals surface area contributed by atoms with Crippen molar-refractivity contribution in [2.24, 2.45) is 5.92 Å². The summed E-state index contributed by atoms with van der Waals surface area (Å²) in [5, 5.41) is 13.8. The normalized spacial score (nSPS) is 12.2. The van der Waals surface area contributed by atoms with Gasteiger partial charge in [-0.3, -0.25) is 9.59 Å². The second kappa shape index (κ2) is 11.9. The molecule has 2 aromatic carbocycles. The molecule has 6 nitrogen and oxygen atoms in total. The molecule has 6 heteroatoms. The van der Waals surface area contributed by atoms with Gasteiger partial charge in [-0.15, -0.1) is 0 Å². The molecule has 0 spiro atoms. The van der Waals surface area contributed by atoms with Crippen molar-refractivity contribution < 1.29 is 19.1 Å². The Morgan fingerprint density at radius 2 is 1.69 bits per heavy atom. The molecule has 0 bridgehead atoms. The lowest BCUT2D eigenvalue weighted by Gasteiger charge is -2.28. The summed E-state index contributed by atoms with van der Waals surface area (Å²) in [6.45, 7) is 8.85. The van der Waals surface area contributed by atoms with E-state index in [-0.39, 0.29) is 24.9 Å². The number of aliphatic carboxylic acids is 1. The average molecular weight is 479 g/mol. The molecule has 1 amide bonds. The van der Waals surface area contributed by atoms with Crippen molar-refractivity contribution in [2.75, 3.05) is 18.9 Å². The molecule has 35 heavy (non-hydrogen) atoms. The molecule has 0 aliphatic rings. The zero-order valence-electron chi connectivity index (χ0n) is 21.6. The number of nitrogens with one attached hydrogen (secondary N) is 1. The van der Waals surface area contributed by atoms with Crippen LogP contribution >= 0.6 is 0 Å². The number of benzene rings is 2. The summed E-state index contributed by atoms with van der Waals surface area (Å²) in [7, 11) is 1.62. The smallest absolute Gasteiger partial charge is 0.305 e. The maximum atomic E-state index is 12.7. The summed E-state index contributed by atoms with van der Waals surface area (Å²) >= 11 is 0. The fourth-order valence-electron chi connectivity index (χ4n) is 4.74. The van der Waals surface area contributed by atoms with Gasteiger partial charge in [0.05, 0.1) is 12.5 Å². The van der Waals surface area contributed by atoms with E-state index in [2.05, 4.69) is 45.1 Å². The SMILES string of the molecule is CCCC(CCC)C(Nc1ccc(C(=O)N(C)CCC(=O)O)cc1)c1oc2ccc(C)cc2c1C. The summed E-state index contributed by atoms with van der Waals surface area (Å²) in [6.07, 6.45) is 4.29. The quantitative estimate of drug-likeness (QED) is 0.294. The van der Waals surface area contributed by atoms with Crippen LogP contribution < -0.4 is 5.32 Å². The Bertz CT molecular complexity index is 1140. The zero-order chi connectivity index (χ0) is 25.5. The summed E-state index contributed by atoms with van der Waals surface area (Å²) < 4.78 is 6.43. The van der Waals surface area contributed by atoms with Gasteiger partial charge in [0.25, 0.3) is 5.91 Å². The van der Waals surface area contributed by atoms with Gasteiger partial charge in [-0.1, -0.05) is 38.3 Å². The van der Waals surface area contributed by atoms with E-state index in [9.17, 15) is 9.59 Å². The number of carbonyl (C=O) groups excluding carboxylic acids is 1. The first kappa shape index (κ1) is 26.3. The topological polar surface area (TPSA) is 82.8 Å². The number of carbonyl (C=O) groups is 2. The molecule has 188 valence electrons. The number of nitrogens with zero attached hydrogens (tertiary/aromatic N) is 1. The van der Waals surface area contributed by atoms with Crippen LogP contribution in [0.15, 0.2) is 46.9 Å². The summed E-state index contributed by atoms with van der Waals surface area (Å²) in [4.78, 5) is 24.9. The van der Waals surface area contributed by atoms with E-state index in [0.717, 1.165) is 48.1 Å². The molecule has 1 aromatic heterocycles. The molecule has 0 fully saturated rings. The highest BCUT2D eigenvalue weighted by Crippen LogP contribution is 2.38. The zero-order valence-corrected chi connectivity index (χ0v) is 21.6. The van der Waals surface area contributed by atoms with Gasteiger partial charge in [0.1, 0.15) is 11.3 Å². The molecule has 0 saturated carbocycles. The highest BCUT2D eigenvalue weighted by atomic mass is 16.4. The fourth-order valence-corrected chi connectivity index (χ4v) is 4.74. The number of rotatable bonds is 12. The van der Waals surface area contributed by atoms with Gasteiger partial charge in [-0.25, -0.2) is 0 Å². The van der Waals surface area contributed by atoms with Crippen molar-refractivity contribution >= 4 is 28.5 Å². The lowest BCUT2D eigenvalue weighted by molar-refractivity contribution is -0.137. The van der Waals surface area contributed by atoms with Crippen LogP contribution in [0.5, 0.6) is 0 Å². The molecule has 0 saturated heterocycles. The van der Waals surface area contributed by atoms with E-state index in [1.807, 2.05) is 18.2 Å². The summed E-state index contributed by atoms with van der Waals surface area (Å²) in [6, 6.07) is 13.8. The summed E-state index contributed by atoms with van der Waals surface area (Å²) in [5.41, 5.74) is 4.75. The van der Waals surface area contributed by atoms with E-state index < -0.39 is 5.97 Å². The van der Waals surface area contributed by atoms with Gasteiger partial charge in [0.2, 0.25) is 0 Å². The lowest BCUT2D eigenvalue weighted by Crippen LogP contribution is -2.29. The largest absolute Gasteiger partial charge is 0.481 e.